The second kappa shape index (κ2) is 4.96. The van der Waals surface area contributed by atoms with Gasteiger partial charge in [-0.1, -0.05) is 0 Å². The molecule has 0 radical (unpaired) electrons. The number of phenols is 1. The van der Waals surface area contributed by atoms with E-state index in [0.717, 1.165) is 25.3 Å². The maximum absolute atomic E-state index is 13.8. The highest BCUT2D eigenvalue weighted by Crippen LogP contribution is 2.25. The number of aryl methyl sites for hydroxylation is 1. The van der Waals surface area contributed by atoms with E-state index in [0.29, 0.717) is 12.1 Å². The third-order valence-corrected chi connectivity index (χ3v) is 3.55. The lowest BCUT2D eigenvalue weighted by Crippen LogP contribution is -2.42. The van der Waals surface area contributed by atoms with Crippen molar-refractivity contribution in [2.45, 2.75) is 39.2 Å². The minimum atomic E-state index is -0.643. The van der Waals surface area contributed by atoms with Crippen molar-refractivity contribution in [2.24, 2.45) is 0 Å². The molecule has 1 aliphatic heterocycles. The van der Waals surface area contributed by atoms with Crippen LogP contribution in [0.2, 0.25) is 0 Å². The third kappa shape index (κ3) is 2.33. The van der Waals surface area contributed by atoms with Crippen molar-refractivity contribution in [3.63, 3.8) is 0 Å². The molecule has 0 bridgehead atoms. The first-order chi connectivity index (χ1) is 8.50. The lowest BCUT2D eigenvalue weighted by Gasteiger charge is -2.33. The molecule has 1 fully saturated rings. The van der Waals surface area contributed by atoms with Gasteiger partial charge in [-0.15, -0.1) is 0 Å². The number of piperidine rings is 1. The molecule has 1 heterocycles. The summed E-state index contributed by atoms with van der Waals surface area (Å²) in [6, 6.07) is 2.57. The van der Waals surface area contributed by atoms with E-state index < -0.39 is 5.82 Å². The number of hydrogen-bond acceptors (Lipinski definition) is 2. The minimum Gasteiger partial charge on any atom is -0.508 e. The summed E-state index contributed by atoms with van der Waals surface area (Å²) >= 11 is 0. The molecule has 18 heavy (non-hydrogen) atoms. The SMILES string of the molecule is Cc1cc(O)cc(F)c1C(=O)N1CCCCC1C. The predicted octanol–water partition coefficient (Wildman–Crippen LogP) is 2.85. The van der Waals surface area contributed by atoms with Gasteiger partial charge in [0.25, 0.3) is 5.91 Å². The van der Waals surface area contributed by atoms with Crippen LogP contribution < -0.4 is 0 Å². The van der Waals surface area contributed by atoms with Gasteiger partial charge in [-0.25, -0.2) is 4.39 Å². The zero-order valence-corrected chi connectivity index (χ0v) is 10.7. The van der Waals surface area contributed by atoms with Crippen LogP contribution in [0.15, 0.2) is 12.1 Å². The zero-order valence-electron chi connectivity index (χ0n) is 10.7. The Kier molecular flexibility index (Phi) is 3.55. The highest BCUT2D eigenvalue weighted by atomic mass is 19.1. The monoisotopic (exact) mass is 251 g/mol. The van der Waals surface area contributed by atoms with Gasteiger partial charge in [-0.2, -0.15) is 0 Å². The molecule has 0 aliphatic carbocycles. The molecule has 0 aromatic heterocycles. The fourth-order valence-electron chi connectivity index (χ4n) is 2.54. The summed E-state index contributed by atoms with van der Waals surface area (Å²) in [5, 5.41) is 9.30. The van der Waals surface area contributed by atoms with Gasteiger partial charge in [0.15, 0.2) is 0 Å². The van der Waals surface area contributed by atoms with Crippen molar-refractivity contribution in [3.05, 3.63) is 29.1 Å². The summed E-state index contributed by atoms with van der Waals surface area (Å²) in [5.41, 5.74) is 0.567. The van der Waals surface area contributed by atoms with Crippen LogP contribution in [-0.2, 0) is 0 Å². The Balaban J connectivity index is 2.33. The molecule has 1 aliphatic rings. The van der Waals surface area contributed by atoms with E-state index in [9.17, 15) is 14.3 Å². The molecule has 1 unspecified atom stereocenters. The molecule has 98 valence electrons. The van der Waals surface area contributed by atoms with E-state index in [1.807, 2.05) is 6.92 Å². The Hall–Kier alpha value is -1.58. The number of carbonyl (C=O) groups excluding carboxylic acids is 1. The summed E-state index contributed by atoms with van der Waals surface area (Å²) in [5.74, 6) is -1.05. The van der Waals surface area contributed by atoms with Gasteiger partial charge in [-0.3, -0.25) is 4.79 Å². The van der Waals surface area contributed by atoms with E-state index >= 15 is 0 Å². The highest BCUT2D eigenvalue weighted by Gasteiger charge is 2.27. The Morgan fingerprint density at radius 1 is 1.44 bits per heavy atom. The van der Waals surface area contributed by atoms with E-state index in [-0.39, 0.29) is 23.3 Å². The topological polar surface area (TPSA) is 40.5 Å². The lowest BCUT2D eigenvalue weighted by atomic mass is 10.00. The Labute approximate surface area is 106 Å². The first-order valence-electron chi connectivity index (χ1n) is 6.31. The minimum absolute atomic E-state index is 0.0848. The number of nitrogens with zero attached hydrogens (tertiary/aromatic N) is 1. The molecule has 1 saturated heterocycles. The predicted molar refractivity (Wildman–Crippen MR) is 67.2 cm³/mol. The molecule has 1 amide bonds. The summed E-state index contributed by atoms with van der Waals surface area (Å²) in [7, 11) is 0. The first-order valence-corrected chi connectivity index (χ1v) is 6.31. The quantitative estimate of drug-likeness (QED) is 0.833. The van der Waals surface area contributed by atoms with Crippen molar-refractivity contribution in [1.29, 1.82) is 0 Å². The standard InChI is InChI=1S/C14H18FNO2/c1-9-7-11(17)8-12(15)13(9)14(18)16-6-4-3-5-10(16)2/h7-8,10,17H,3-6H2,1-2H3. The summed E-state index contributed by atoms with van der Waals surface area (Å²) in [4.78, 5) is 14.1. The Bertz CT molecular complexity index is 450. The number of benzene rings is 1. The smallest absolute Gasteiger partial charge is 0.257 e. The normalized spacial score (nSPS) is 19.9. The maximum atomic E-state index is 13.8. The molecule has 3 nitrogen and oxygen atoms in total. The average Bonchev–Trinajstić information content (AvgIpc) is 2.27. The summed E-state index contributed by atoms with van der Waals surface area (Å²) < 4.78 is 13.8. The second-order valence-electron chi connectivity index (χ2n) is 4.96. The molecular weight excluding hydrogens is 233 g/mol. The van der Waals surface area contributed by atoms with E-state index in [1.165, 1.54) is 6.07 Å². The van der Waals surface area contributed by atoms with E-state index in [2.05, 4.69) is 0 Å². The van der Waals surface area contributed by atoms with E-state index in [4.69, 9.17) is 0 Å². The number of rotatable bonds is 1. The summed E-state index contributed by atoms with van der Waals surface area (Å²) in [6.07, 6.45) is 3.04. The number of carbonyl (C=O) groups is 1. The number of hydrogen-bond donors (Lipinski definition) is 1. The number of phenolic OH excluding ortho intramolecular Hbond substituents is 1. The van der Waals surface area contributed by atoms with Gasteiger partial charge in [0.1, 0.15) is 11.6 Å². The Morgan fingerprint density at radius 3 is 2.78 bits per heavy atom. The number of likely N-dealkylation sites (tertiary alicyclic amines) is 1. The van der Waals surface area contributed by atoms with Crippen LogP contribution in [0, 0.1) is 12.7 Å². The number of halogens is 1. The number of aromatic hydroxyl groups is 1. The van der Waals surface area contributed by atoms with Gasteiger partial charge in [0, 0.05) is 18.7 Å². The van der Waals surface area contributed by atoms with E-state index in [1.54, 1.807) is 11.8 Å². The van der Waals surface area contributed by atoms with Crippen LogP contribution in [-0.4, -0.2) is 28.5 Å². The van der Waals surface area contributed by atoms with Crippen LogP contribution >= 0.6 is 0 Å². The summed E-state index contributed by atoms with van der Waals surface area (Å²) in [6.45, 7) is 4.31. The van der Waals surface area contributed by atoms with Crippen LogP contribution in [0.25, 0.3) is 0 Å². The van der Waals surface area contributed by atoms with Crippen LogP contribution in [0.3, 0.4) is 0 Å². The van der Waals surface area contributed by atoms with Gasteiger partial charge in [0.05, 0.1) is 5.56 Å². The molecule has 4 heteroatoms. The van der Waals surface area contributed by atoms with Crippen LogP contribution in [0.1, 0.15) is 42.1 Å². The second-order valence-corrected chi connectivity index (χ2v) is 4.96. The molecule has 1 aromatic carbocycles. The molecule has 1 N–H and O–H groups in total. The average molecular weight is 251 g/mol. The molecule has 1 atom stereocenters. The maximum Gasteiger partial charge on any atom is 0.257 e. The fourth-order valence-corrected chi connectivity index (χ4v) is 2.54. The molecule has 2 rings (SSSR count). The van der Waals surface area contributed by atoms with Gasteiger partial charge >= 0.3 is 0 Å². The zero-order chi connectivity index (χ0) is 13.3. The molecular formula is C14H18FNO2. The van der Waals surface area contributed by atoms with Crippen molar-refractivity contribution in [2.75, 3.05) is 6.54 Å². The third-order valence-electron chi connectivity index (χ3n) is 3.55. The van der Waals surface area contributed by atoms with Gasteiger partial charge < -0.3 is 10.0 Å². The number of amides is 1. The van der Waals surface area contributed by atoms with Crippen molar-refractivity contribution < 1.29 is 14.3 Å². The fraction of sp³-hybridized carbons (Fsp3) is 0.500. The molecule has 1 aromatic rings. The molecule has 0 spiro atoms. The Morgan fingerprint density at radius 2 is 2.17 bits per heavy atom. The van der Waals surface area contributed by atoms with Crippen LogP contribution in [0.5, 0.6) is 5.75 Å². The van der Waals surface area contributed by atoms with Gasteiger partial charge in [-0.05, 0) is 44.7 Å². The highest BCUT2D eigenvalue weighted by molar-refractivity contribution is 5.96. The van der Waals surface area contributed by atoms with Crippen molar-refractivity contribution in [3.8, 4) is 5.75 Å². The van der Waals surface area contributed by atoms with Gasteiger partial charge in [0.2, 0.25) is 0 Å². The first kappa shape index (κ1) is 12.9. The van der Waals surface area contributed by atoms with Crippen molar-refractivity contribution >= 4 is 5.91 Å². The lowest BCUT2D eigenvalue weighted by molar-refractivity contribution is 0.0630. The molecule has 0 saturated carbocycles. The van der Waals surface area contributed by atoms with Crippen molar-refractivity contribution in [1.82, 2.24) is 4.90 Å². The largest absolute Gasteiger partial charge is 0.508 e. The van der Waals surface area contributed by atoms with Crippen LogP contribution in [0.4, 0.5) is 4.39 Å².